The number of rotatable bonds is 2. The molecule has 1 unspecified atom stereocenters. The number of ketones is 1. The molecule has 1 atom stereocenters. The number of hydrogen-bond acceptors (Lipinski definition) is 4. The lowest BCUT2D eigenvalue weighted by Crippen LogP contribution is -1.92. The van der Waals surface area contributed by atoms with E-state index in [2.05, 4.69) is 4.98 Å². The number of Topliss-reactive ketones (excluding diaryl/α,β-unsaturated/α-hetero) is 1. The highest BCUT2D eigenvalue weighted by Crippen LogP contribution is 2.34. The van der Waals surface area contributed by atoms with E-state index in [0.717, 1.165) is 22.7 Å². The normalized spacial score (nSPS) is 20.9. The van der Waals surface area contributed by atoms with Gasteiger partial charge in [0.2, 0.25) is 0 Å². The summed E-state index contributed by atoms with van der Waals surface area (Å²) >= 11 is 1.64. The van der Waals surface area contributed by atoms with Crippen molar-refractivity contribution >= 4 is 29.5 Å². The maximum atomic E-state index is 11.1. The van der Waals surface area contributed by atoms with Gasteiger partial charge in [0.25, 0.3) is 0 Å². The number of carbonyl (C=O) groups excluding carboxylic acids is 1. The Morgan fingerprint density at radius 1 is 1.64 bits per heavy atom. The molecule has 2 rings (SSSR count). The van der Waals surface area contributed by atoms with E-state index in [1.165, 1.54) is 0 Å². The van der Waals surface area contributed by atoms with Gasteiger partial charge in [-0.2, -0.15) is 0 Å². The average molecular weight is 233 g/mol. The van der Waals surface area contributed by atoms with Gasteiger partial charge in [0.1, 0.15) is 5.78 Å². The Morgan fingerprint density at radius 3 is 2.93 bits per heavy atom. The number of thiazole rings is 1. The predicted molar refractivity (Wildman–Crippen MR) is 58.9 cm³/mol. The molecule has 0 bridgehead atoms. The summed E-state index contributed by atoms with van der Waals surface area (Å²) in [5.74, 6) is 0.743. The number of nitrogens with zero attached hydrogens (tertiary/aromatic N) is 1. The summed E-state index contributed by atoms with van der Waals surface area (Å²) in [5, 5.41) is 1.09. The second-order valence-corrected chi connectivity index (χ2v) is 4.49. The van der Waals surface area contributed by atoms with Crippen molar-refractivity contribution in [1.82, 2.24) is 4.98 Å². The van der Waals surface area contributed by atoms with Crippen molar-refractivity contribution in [1.29, 1.82) is 0 Å². The van der Waals surface area contributed by atoms with Crippen LogP contribution in [0, 0.1) is 0 Å². The third-order valence-corrected chi connectivity index (χ3v) is 3.55. The molecule has 14 heavy (non-hydrogen) atoms. The first kappa shape index (κ1) is 11.6. The van der Waals surface area contributed by atoms with Crippen molar-refractivity contribution in [2.75, 3.05) is 0 Å². The molecule has 0 saturated heterocycles. The fourth-order valence-electron chi connectivity index (χ4n) is 1.63. The van der Waals surface area contributed by atoms with Crippen molar-refractivity contribution < 1.29 is 4.79 Å². The smallest absolute Gasteiger partial charge is 0.133 e. The third-order valence-electron chi connectivity index (χ3n) is 2.37. The molecular weight excluding hydrogens is 220 g/mol. The lowest BCUT2D eigenvalue weighted by molar-refractivity contribution is -0.117. The molecule has 78 valence electrons. The minimum atomic E-state index is 0. The Balaban J connectivity index is 0.000000980. The van der Waals surface area contributed by atoms with Gasteiger partial charge >= 0.3 is 0 Å². The van der Waals surface area contributed by atoms with Crippen LogP contribution in [-0.2, 0) is 11.3 Å². The van der Waals surface area contributed by atoms with Crippen molar-refractivity contribution in [3.8, 4) is 0 Å². The molecule has 0 spiro atoms. The summed E-state index contributed by atoms with van der Waals surface area (Å²) in [6, 6.07) is 0. The SMILES string of the molecule is Cl.NCc1cnc(C2CCC(=O)C2)s1. The van der Waals surface area contributed by atoms with Crippen molar-refractivity contribution in [3.05, 3.63) is 16.1 Å². The van der Waals surface area contributed by atoms with E-state index in [0.29, 0.717) is 24.7 Å². The first-order valence-electron chi connectivity index (χ1n) is 4.46. The van der Waals surface area contributed by atoms with E-state index in [1.54, 1.807) is 11.3 Å². The van der Waals surface area contributed by atoms with Crippen molar-refractivity contribution in [3.63, 3.8) is 0 Å². The molecule has 1 aliphatic carbocycles. The Hall–Kier alpha value is -0.450. The number of hydrogen-bond donors (Lipinski definition) is 1. The van der Waals surface area contributed by atoms with Gasteiger partial charge in [-0.1, -0.05) is 0 Å². The summed E-state index contributed by atoms with van der Waals surface area (Å²) in [5.41, 5.74) is 5.49. The summed E-state index contributed by atoms with van der Waals surface area (Å²) in [7, 11) is 0. The van der Waals surface area contributed by atoms with E-state index in [-0.39, 0.29) is 12.4 Å². The molecule has 0 radical (unpaired) electrons. The second-order valence-electron chi connectivity index (χ2n) is 3.35. The van der Waals surface area contributed by atoms with Crippen LogP contribution in [0.15, 0.2) is 6.20 Å². The molecule has 3 nitrogen and oxygen atoms in total. The number of halogens is 1. The lowest BCUT2D eigenvalue weighted by Gasteiger charge is -2.00. The number of carbonyl (C=O) groups is 1. The summed E-state index contributed by atoms with van der Waals surface area (Å²) < 4.78 is 0. The van der Waals surface area contributed by atoms with Crippen LogP contribution in [0.3, 0.4) is 0 Å². The minimum absolute atomic E-state index is 0. The topological polar surface area (TPSA) is 56.0 Å². The quantitative estimate of drug-likeness (QED) is 0.847. The molecule has 0 amide bonds. The second kappa shape index (κ2) is 4.87. The van der Waals surface area contributed by atoms with Gasteiger partial charge in [0.05, 0.1) is 5.01 Å². The Morgan fingerprint density at radius 2 is 2.43 bits per heavy atom. The summed E-state index contributed by atoms with van der Waals surface area (Å²) in [6.07, 6.45) is 4.19. The van der Waals surface area contributed by atoms with Gasteiger partial charge < -0.3 is 5.73 Å². The Bertz CT molecular complexity index is 326. The van der Waals surface area contributed by atoms with Crippen LogP contribution < -0.4 is 5.73 Å². The number of aromatic nitrogens is 1. The molecular formula is C9H13ClN2OS. The summed E-state index contributed by atoms with van der Waals surface area (Å²) in [6.45, 7) is 0.554. The van der Waals surface area contributed by atoms with Gasteiger partial charge in [-0.15, -0.1) is 23.7 Å². The number of nitrogens with two attached hydrogens (primary N) is 1. The minimum Gasteiger partial charge on any atom is -0.326 e. The molecule has 1 aromatic rings. The largest absolute Gasteiger partial charge is 0.326 e. The Kier molecular flexibility index (Phi) is 4.04. The average Bonchev–Trinajstić information content (AvgIpc) is 2.71. The zero-order chi connectivity index (χ0) is 9.26. The molecule has 1 aliphatic rings. The van der Waals surface area contributed by atoms with Crippen LogP contribution in [0.4, 0.5) is 0 Å². The summed E-state index contributed by atoms with van der Waals surface area (Å²) in [4.78, 5) is 16.5. The zero-order valence-electron chi connectivity index (χ0n) is 7.73. The fourth-order valence-corrected chi connectivity index (χ4v) is 2.56. The van der Waals surface area contributed by atoms with Crippen LogP contribution >= 0.6 is 23.7 Å². The molecule has 1 fully saturated rings. The first-order chi connectivity index (χ1) is 6.29. The highest BCUT2D eigenvalue weighted by molar-refractivity contribution is 7.11. The van der Waals surface area contributed by atoms with Crippen LogP contribution in [0.1, 0.15) is 35.1 Å². The molecule has 1 aromatic heterocycles. The Labute approximate surface area is 93.1 Å². The maximum Gasteiger partial charge on any atom is 0.133 e. The highest BCUT2D eigenvalue weighted by Gasteiger charge is 2.25. The molecule has 2 N–H and O–H groups in total. The highest BCUT2D eigenvalue weighted by atomic mass is 35.5. The maximum absolute atomic E-state index is 11.1. The van der Waals surface area contributed by atoms with E-state index < -0.39 is 0 Å². The van der Waals surface area contributed by atoms with Gasteiger partial charge in [-0.25, -0.2) is 4.98 Å². The van der Waals surface area contributed by atoms with Crippen LogP contribution in [0.2, 0.25) is 0 Å². The van der Waals surface area contributed by atoms with Crippen LogP contribution in [-0.4, -0.2) is 10.8 Å². The van der Waals surface area contributed by atoms with Crippen molar-refractivity contribution in [2.24, 2.45) is 5.73 Å². The molecule has 0 aromatic carbocycles. The first-order valence-corrected chi connectivity index (χ1v) is 5.27. The fraction of sp³-hybridized carbons (Fsp3) is 0.556. The molecule has 0 aliphatic heterocycles. The van der Waals surface area contributed by atoms with E-state index in [4.69, 9.17) is 5.73 Å². The van der Waals surface area contributed by atoms with Crippen LogP contribution in [0.25, 0.3) is 0 Å². The van der Waals surface area contributed by atoms with E-state index in [9.17, 15) is 4.79 Å². The zero-order valence-corrected chi connectivity index (χ0v) is 9.37. The predicted octanol–water partition coefficient (Wildman–Crippen LogP) is 1.86. The lowest BCUT2D eigenvalue weighted by atomic mass is 10.1. The third kappa shape index (κ3) is 2.32. The van der Waals surface area contributed by atoms with Gasteiger partial charge in [0, 0.05) is 36.4 Å². The van der Waals surface area contributed by atoms with Crippen LogP contribution in [0.5, 0.6) is 0 Å². The van der Waals surface area contributed by atoms with Gasteiger partial charge in [-0.05, 0) is 6.42 Å². The standard InChI is InChI=1S/C9H12N2OS.ClH/c10-4-8-5-11-9(13-8)6-1-2-7(12)3-6;/h5-6H,1-4,10H2;1H. The molecule has 1 saturated carbocycles. The monoisotopic (exact) mass is 232 g/mol. The van der Waals surface area contributed by atoms with Gasteiger partial charge in [-0.3, -0.25) is 4.79 Å². The molecule has 5 heteroatoms. The van der Waals surface area contributed by atoms with E-state index in [1.807, 2.05) is 6.20 Å². The van der Waals surface area contributed by atoms with Crippen molar-refractivity contribution in [2.45, 2.75) is 31.7 Å². The van der Waals surface area contributed by atoms with Gasteiger partial charge in [0.15, 0.2) is 0 Å². The van der Waals surface area contributed by atoms with E-state index >= 15 is 0 Å². The molecule has 1 heterocycles.